The largest absolute Gasteiger partial charge is 0.454 e. The molecular formula is C17H22INO. The lowest BCUT2D eigenvalue weighted by atomic mass is 9.86. The lowest BCUT2D eigenvalue weighted by Gasteiger charge is -2.20. The maximum Gasteiger partial charge on any atom is 0.164 e. The summed E-state index contributed by atoms with van der Waals surface area (Å²) in [6.07, 6.45) is 0. The Morgan fingerprint density at radius 1 is 1.10 bits per heavy atom. The highest BCUT2D eigenvalue weighted by atomic mass is 127. The predicted octanol–water partition coefficient (Wildman–Crippen LogP) is 5.03. The van der Waals surface area contributed by atoms with Crippen LogP contribution in [0, 0.1) is 3.77 Å². The molecule has 1 N–H and O–H groups in total. The zero-order valence-electron chi connectivity index (χ0n) is 12.5. The van der Waals surface area contributed by atoms with Gasteiger partial charge in [0.1, 0.15) is 5.76 Å². The average Bonchev–Trinajstić information content (AvgIpc) is 2.81. The van der Waals surface area contributed by atoms with Crippen molar-refractivity contribution in [3.8, 4) is 0 Å². The molecule has 0 aliphatic rings. The van der Waals surface area contributed by atoms with E-state index in [1.165, 1.54) is 11.1 Å². The van der Waals surface area contributed by atoms with Crippen molar-refractivity contribution in [2.75, 3.05) is 0 Å². The number of rotatable bonds is 4. The van der Waals surface area contributed by atoms with Crippen molar-refractivity contribution in [3.05, 3.63) is 57.1 Å². The van der Waals surface area contributed by atoms with Crippen molar-refractivity contribution in [1.29, 1.82) is 0 Å². The molecule has 1 heterocycles. The molecule has 0 aliphatic carbocycles. The summed E-state index contributed by atoms with van der Waals surface area (Å²) in [6.45, 7) is 9.65. The van der Waals surface area contributed by atoms with Gasteiger partial charge in [-0.3, -0.25) is 0 Å². The maximum atomic E-state index is 5.56. The summed E-state index contributed by atoms with van der Waals surface area (Å²) in [5.74, 6) is 0.979. The van der Waals surface area contributed by atoms with E-state index < -0.39 is 0 Å². The third kappa shape index (κ3) is 4.09. The molecule has 108 valence electrons. The predicted molar refractivity (Wildman–Crippen MR) is 91.8 cm³/mol. The van der Waals surface area contributed by atoms with Gasteiger partial charge in [-0.05, 0) is 58.2 Å². The highest BCUT2D eigenvalue weighted by Gasteiger charge is 2.14. The molecule has 0 amide bonds. The number of nitrogens with one attached hydrogen (secondary N) is 1. The number of benzene rings is 1. The second kappa shape index (κ2) is 6.31. The summed E-state index contributed by atoms with van der Waals surface area (Å²) in [6, 6.07) is 13.2. The highest BCUT2D eigenvalue weighted by molar-refractivity contribution is 14.1. The second-order valence-corrected chi connectivity index (χ2v) is 7.24. The molecule has 0 saturated heterocycles. The Bertz CT molecular complexity index is 551. The first-order valence-electron chi connectivity index (χ1n) is 6.94. The quantitative estimate of drug-likeness (QED) is 0.749. The van der Waals surface area contributed by atoms with Crippen LogP contribution in [0.25, 0.3) is 0 Å². The topological polar surface area (TPSA) is 25.2 Å². The van der Waals surface area contributed by atoms with Crippen LogP contribution in [0.4, 0.5) is 0 Å². The monoisotopic (exact) mass is 383 g/mol. The molecular weight excluding hydrogens is 361 g/mol. The molecule has 0 fully saturated rings. The van der Waals surface area contributed by atoms with Crippen molar-refractivity contribution in [1.82, 2.24) is 5.32 Å². The van der Waals surface area contributed by atoms with Crippen molar-refractivity contribution in [2.24, 2.45) is 0 Å². The first-order chi connectivity index (χ1) is 9.36. The SMILES string of the molecule is CC(NCc1ccc(I)o1)c1ccc(C(C)(C)C)cc1. The standard InChI is InChI=1S/C17H22INO/c1-12(19-11-15-9-10-16(18)20-15)13-5-7-14(8-6-13)17(2,3)4/h5-10,12,19H,11H2,1-4H3. The zero-order chi connectivity index (χ0) is 14.8. The van der Waals surface area contributed by atoms with Crippen LogP contribution in [0.3, 0.4) is 0 Å². The molecule has 0 radical (unpaired) electrons. The molecule has 3 heteroatoms. The van der Waals surface area contributed by atoms with E-state index in [4.69, 9.17) is 4.42 Å². The fraction of sp³-hybridized carbons (Fsp3) is 0.412. The molecule has 0 saturated carbocycles. The summed E-state index contributed by atoms with van der Waals surface area (Å²) in [4.78, 5) is 0. The summed E-state index contributed by atoms with van der Waals surface area (Å²) >= 11 is 2.19. The highest BCUT2D eigenvalue weighted by Crippen LogP contribution is 2.24. The van der Waals surface area contributed by atoms with Crippen LogP contribution >= 0.6 is 22.6 Å². The molecule has 1 aromatic carbocycles. The van der Waals surface area contributed by atoms with Gasteiger partial charge in [0.25, 0.3) is 0 Å². The molecule has 0 spiro atoms. The van der Waals surface area contributed by atoms with Gasteiger partial charge in [-0.1, -0.05) is 45.0 Å². The van der Waals surface area contributed by atoms with E-state index in [0.717, 1.165) is 16.1 Å². The first kappa shape index (κ1) is 15.6. The van der Waals surface area contributed by atoms with E-state index in [2.05, 4.69) is 79.9 Å². The molecule has 2 aromatic rings. The van der Waals surface area contributed by atoms with Gasteiger partial charge in [-0.2, -0.15) is 0 Å². The number of furan rings is 1. The molecule has 0 aliphatic heterocycles. The second-order valence-electron chi connectivity index (χ2n) is 6.18. The Morgan fingerprint density at radius 2 is 1.75 bits per heavy atom. The minimum Gasteiger partial charge on any atom is -0.454 e. The fourth-order valence-electron chi connectivity index (χ4n) is 2.09. The summed E-state index contributed by atoms with van der Waals surface area (Å²) in [5.41, 5.74) is 2.88. The molecule has 1 aromatic heterocycles. The average molecular weight is 383 g/mol. The van der Waals surface area contributed by atoms with Crippen LogP contribution in [0.1, 0.15) is 50.6 Å². The minimum absolute atomic E-state index is 0.208. The molecule has 20 heavy (non-hydrogen) atoms. The Hall–Kier alpha value is -0.810. The van der Waals surface area contributed by atoms with Gasteiger partial charge in [-0.15, -0.1) is 0 Å². The molecule has 1 atom stereocenters. The molecule has 1 unspecified atom stereocenters. The van der Waals surface area contributed by atoms with Crippen LogP contribution in [-0.2, 0) is 12.0 Å². The first-order valence-corrected chi connectivity index (χ1v) is 8.02. The van der Waals surface area contributed by atoms with Crippen LogP contribution in [0.2, 0.25) is 0 Å². The molecule has 2 rings (SSSR count). The van der Waals surface area contributed by atoms with Crippen LogP contribution in [0.5, 0.6) is 0 Å². The zero-order valence-corrected chi connectivity index (χ0v) is 14.7. The minimum atomic E-state index is 0.208. The van der Waals surface area contributed by atoms with Gasteiger partial charge in [0.2, 0.25) is 0 Å². The Morgan fingerprint density at radius 3 is 2.25 bits per heavy atom. The van der Waals surface area contributed by atoms with E-state index in [0.29, 0.717) is 6.04 Å². The van der Waals surface area contributed by atoms with E-state index in [1.807, 2.05) is 12.1 Å². The van der Waals surface area contributed by atoms with Crippen LogP contribution < -0.4 is 5.32 Å². The summed E-state index contributed by atoms with van der Waals surface area (Å²) < 4.78 is 6.49. The third-order valence-electron chi connectivity index (χ3n) is 3.49. The van der Waals surface area contributed by atoms with Crippen LogP contribution in [-0.4, -0.2) is 0 Å². The number of halogens is 1. The van der Waals surface area contributed by atoms with Gasteiger partial charge < -0.3 is 9.73 Å². The Balaban J connectivity index is 1.97. The number of hydrogen-bond acceptors (Lipinski definition) is 2. The summed E-state index contributed by atoms with van der Waals surface area (Å²) in [5, 5.41) is 3.49. The van der Waals surface area contributed by atoms with Gasteiger partial charge in [0.15, 0.2) is 3.77 Å². The van der Waals surface area contributed by atoms with Crippen molar-refractivity contribution in [3.63, 3.8) is 0 Å². The van der Waals surface area contributed by atoms with Gasteiger partial charge >= 0.3 is 0 Å². The number of hydrogen-bond donors (Lipinski definition) is 1. The van der Waals surface area contributed by atoms with Crippen molar-refractivity contribution >= 4 is 22.6 Å². The molecule has 2 nitrogen and oxygen atoms in total. The van der Waals surface area contributed by atoms with E-state index >= 15 is 0 Å². The van der Waals surface area contributed by atoms with Crippen LogP contribution in [0.15, 0.2) is 40.8 Å². The maximum absolute atomic E-state index is 5.56. The normalized spacial score (nSPS) is 13.4. The van der Waals surface area contributed by atoms with E-state index in [-0.39, 0.29) is 5.41 Å². The lowest BCUT2D eigenvalue weighted by Crippen LogP contribution is -2.18. The van der Waals surface area contributed by atoms with E-state index in [1.54, 1.807) is 0 Å². The van der Waals surface area contributed by atoms with Crippen molar-refractivity contribution in [2.45, 2.75) is 45.7 Å². The molecule has 0 bridgehead atoms. The Labute approximate surface area is 135 Å². The lowest BCUT2D eigenvalue weighted by molar-refractivity contribution is 0.445. The Kier molecular flexibility index (Phi) is 4.91. The fourth-order valence-corrected chi connectivity index (χ4v) is 2.55. The van der Waals surface area contributed by atoms with E-state index in [9.17, 15) is 0 Å². The van der Waals surface area contributed by atoms with Gasteiger partial charge in [0.05, 0.1) is 6.54 Å². The van der Waals surface area contributed by atoms with Crippen molar-refractivity contribution < 1.29 is 4.42 Å². The smallest absolute Gasteiger partial charge is 0.164 e. The summed E-state index contributed by atoms with van der Waals surface area (Å²) in [7, 11) is 0. The third-order valence-corrected chi connectivity index (χ3v) is 4.07. The van der Waals surface area contributed by atoms with Gasteiger partial charge in [-0.25, -0.2) is 0 Å². The van der Waals surface area contributed by atoms with Gasteiger partial charge in [0, 0.05) is 6.04 Å².